The summed E-state index contributed by atoms with van der Waals surface area (Å²) in [6, 6.07) is 0. The summed E-state index contributed by atoms with van der Waals surface area (Å²) in [5, 5.41) is 10.7. The van der Waals surface area contributed by atoms with Crippen molar-refractivity contribution in [2.24, 2.45) is 0 Å². The van der Waals surface area contributed by atoms with Gasteiger partial charge >= 0.3 is 0 Å². The Morgan fingerprint density at radius 3 is 3.00 bits per heavy atom. The molecule has 0 bridgehead atoms. The van der Waals surface area contributed by atoms with Crippen molar-refractivity contribution in [1.29, 1.82) is 0 Å². The minimum atomic E-state index is 0.566. The third-order valence-electron chi connectivity index (χ3n) is 2.35. The Balaban J connectivity index is 2.26. The van der Waals surface area contributed by atoms with Crippen LogP contribution >= 0.6 is 0 Å². The Labute approximate surface area is 99.8 Å². The Bertz CT molecular complexity index is 482. The predicted molar refractivity (Wildman–Crippen MR) is 66.3 cm³/mol. The van der Waals surface area contributed by atoms with Gasteiger partial charge in [-0.05, 0) is 13.3 Å². The molecule has 2 aromatic heterocycles. The summed E-state index contributed by atoms with van der Waals surface area (Å²) in [7, 11) is 0. The fourth-order valence-electron chi connectivity index (χ4n) is 1.47. The quantitative estimate of drug-likeness (QED) is 0.748. The van der Waals surface area contributed by atoms with Crippen LogP contribution in [0.3, 0.4) is 0 Å². The van der Waals surface area contributed by atoms with Crippen molar-refractivity contribution in [3.8, 4) is 5.88 Å². The predicted octanol–water partition coefficient (Wildman–Crippen LogP) is 1.96. The standard InChI is InChI=1S/C11H17N5O/c1-3-5-6-17-10-8-7-13-16-9(8)14-11(15-10)12-4-2/h7H,3-6H2,1-2H3,(H2,12,13,14,15,16). The number of hydrogen-bond acceptors (Lipinski definition) is 5. The zero-order chi connectivity index (χ0) is 12.1. The Morgan fingerprint density at radius 1 is 1.35 bits per heavy atom. The van der Waals surface area contributed by atoms with Crippen molar-refractivity contribution in [3.63, 3.8) is 0 Å². The van der Waals surface area contributed by atoms with Gasteiger partial charge in [-0.15, -0.1) is 0 Å². The fourth-order valence-corrected chi connectivity index (χ4v) is 1.47. The second-order valence-electron chi connectivity index (χ2n) is 3.72. The normalized spacial score (nSPS) is 10.7. The molecule has 0 radical (unpaired) electrons. The van der Waals surface area contributed by atoms with E-state index < -0.39 is 0 Å². The lowest BCUT2D eigenvalue weighted by Gasteiger charge is -2.07. The average molecular weight is 235 g/mol. The molecule has 0 saturated carbocycles. The average Bonchev–Trinajstić information content (AvgIpc) is 2.78. The van der Waals surface area contributed by atoms with Crippen molar-refractivity contribution < 1.29 is 4.74 Å². The maximum absolute atomic E-state index is 5.65. The van der Waals surface area contributed by atoms with Crippen molar-refractivity contribution in [2.45, 2.75) is 26.7 Å². The molecule has 2 rings (SSSR count). The molecule has 0 unspecified atom stereocenters. The van der Waals surface area contributed by atoms with E-state index in [1.54, 1.807) is 6.20 Å². The minimum Gasteiger partial charge on any atom is -0.477 e. The van der Waals surface area contributed by atoms with Crippen LogP contribution < -0.4 is 10.1 Å². The first-order chi connectivity index (χ1) is 8.35. The maximum Gasteiger partial charge on any atom is 0.229 e. The summed E-state index contributed by atoms with van der Waals surface area (Å²) in [4.78, 5) is 8.62. The molecule has 92 valence electrons. The summed E-state index contributed by atoms with van der Waals surface area (Å²) < 4.78 is 5.65. The van der Waals surface area contributed by atoms with Crippen LogP contribution in [0.25, 0.3) is 11.0 Å². The number of rotatable bonds is 6. The molecule has 0 aliphatic heterocycles. The molecule has 0 aliphatic carbocycles. The van der Waals surface area contributed by atoms with E-state index in [4.69, 9.17) is 4.74 Å². The van der Waals surface area contributed by atoms with E-state index in [0.717, 1.165) is 24.8 Å². The van der Waals surface area contributed by atoms with Crippen molar-refractivity contribution >= 4 is 17.0 Å². The van der Waals surface area contributed by atoms with Crippen LogP contribution in [0, 0.1) is 0 Å². The first-order valence-electron chi connectivity index (χ1n) is 5.93. The van der Waals surface area contributed by atoms with Crippen LogP contribution in [0.2, 0.25) is 0 Å². The van der Waals surface area contributed by atoms with Crippen LogP contribution in [-0.4, -0.2) is 33.3 Å². The summed E-state index contributed by atoms with van der Waals surface area (Å²) in [6.45, 7) is 5.56. The summed E-state index contributed by atoms with van der Waals surface area (Å²) in [6.07, 6.45) is 3.80. The maximum atomic E-state index is 5.65. The highest BCUT2D eigenvalue weighted by Gasteiger charge is 2.09. The monoisotopic (exact) mass is 235 g/mol. The largest absolute Gasteiger partial charge is 0.477 e. The van der Waals surface area contributed by atoms with Crippen LogP contribution in [-0.2, 0) is 0 Å². The molecule has 0 amide bonds. The molecule has 0 fully saturated rings. The molecular formula is C11H17N5O. The lowest BCUT2D eigenvalue weighted by molar-refractivity contribution is 0.302. The smallest absolute Gasteiger partial charge is 0.229 e. The van der Waals surface area contributed by atoms with Crippen LogP contribution in [0.15, 0.2) is 6.20 Å². The number of aromatic nitrogens is 4. The van der Waals surface area contributed by atoms with Crippen LogP contribution in [0.4, 0.5) is 5.95 Å². The molecular weight excluding hydrogens is 218 g/mol. The van der Waals surface area contributed by atoms with Crippen LogP contribution in [0.5, 0.6) is 5.88 Å². The van der Waals surface area contributed by atoms with E-state index in [2.05, 4.69) is 32.4 Å². The molecule has 2 heterocycles. The summed E-state index contributed by atoms with van der Waals surface area (Å²) >= 11 is 0. The number of fused-ring (bicyclic) bond motifs is 1. The van der Waals surface area contributed by atoms with E-state index in [1.165, 1.54) is 0 Å². The van der Waals surface area contributed by atoms with E-state index in [-0.39, 0.29) is 0 Å². The molecule has 0 spiro atoms. The highest BCUT2D eigenvalue weighted by atomic mass is 16.5. The minimum absolute atomic E-state index is 0.566. The van der Waals surface area contributed by atoms with E-state index in [0.29, 0.717) is 24.1 Å². The van der Waals surface area contributed by atoms with Gasteiger partial charge in [0.2, 0.25) is 11.8 Å². The Kier molecular flexibility index (Phi) is 3.74. The number of ether oxygens (including phenoxy) is 1. The lowest BCUT2D eigenvalue weighted by Crippen LogP contribution is -2.05. The number of nitrogens with one attached hydrogen (secondary N) is 2. The van der Waals surface area contributed by atoms with Gasteiger partial charge in [0, 0.05) is 6.54 Å². The zero-order valence-electron chi connectivity index (χ0n) is 10.2. The number of unbranched alkanes of at least 4 members (excludes halogenated alkanes) is 1. The second-order valence-corrected chi connectivity index (χ2v) is 3.72. The first kappa shape index (κ1) is 11.6. The van der Waals surface area contributed by atoms with Gasteiger partial charge < -0.3 is 10.1 Å². The summed E-state index contributed by atoms with van der Waals surface area (Å²) in [5.74, 6) is 1.16. The topological polar surface area (TPSA) is 75.7 Å². The van der Waals surface area contributed by atoms with Gasteiger partial charge in [0.15, 0.2) is 5.65 Å². The highest BCUT2D eigenvalue weighted by molar-refractivity contribution is 5.80. The Morgan fingerprint density at radius 2 is 2.24 bits per heavy atom. The van der Waals surface area contributed by atoms with Gasteiger partial charge in [0.1, 0.15) is 5.39 Å². The first-order valence-corrected chi connectivity index (χ1v) is 5.93. The lowest BCUT2D eigenvalue weighted by atomic mass is 10.3. The number of H-pyrrole nitrogens is 1. The molecule has 2 aromatic rings. The van der Waals surface area contributed by atoms with Gasteiger partial charge in [-0.25, -0.2) is 0 Å². The third kappa shape index (κ3) is 2.64. The van der Waals surface area contributed by atoms with Gasteiger partial charge in [-0.1, -0.05) is 13.3 Å². The highest BCUT2D eigenvalue weighted by Crippen LogP contribution is 2.22. The molecule has 0 saturated heterocycles. The number of hydrogen-bond donors (Lipinski definition) is 2. The number of nitrogens with zero attached hydrogens (tertiary/aromatic N) is 3. The molecule has 0 aromatic carbocycles. The van der Waals surface area contributed by atoms with Gasteiger partial charge in [0.05, 0.1) is 12.8 Å². The van der Waals surface area contributed by atoms with Gasteiger partial charge in [0.25, 0.3) is 0 Å². The molecule has 6 heteroatoms. The van der Waals surface area contributed by atoms with E-state index in [9.17, 15) is 0 Å². The van der Waals surface area contributed by atoms with Crippen molar-refractivity contribution in [1.82, 2.24) is 20.2 Å². The number of anilines is 1. The molecule has 0 atom stereocenters. The van der Waals surface area contributed by atoms with E-state index >= 15 is 0 Å². The van der Waals surface area contributed by atoms with Crippen molar-refractivity contribution in [2.75, 3.05) is 18.5 Å². The fraction of sp³-hybridized carbons (Fsp3) is 0.545. The molecule has 2 N–H and O–H groups in total. The molecule has 0 aliphatic rings. The van der Waals surface area contributed by atoms with Gasteiger partial charge in [-0.2, -0.15) is 15.1 Å². The third-order valence-corrected chi connectivity index (χ3v) is 2.35. The molecule has 17 heavy (non-hydrogen) atoms. The Hall–Kier alpha value is -1.85. The zero-order valence-corrected chi connectivity index (χ0v) is 10.2. The van der Waals surface area contributed by atoms with Crippen LogP contribution in [0.1, 0.15) is 26.7 Å². The summed E-state index contributed by atoms with van der Waals surface area (Å²) in [5.41, 5.74) is 0.697. The number of aromatic amines is 1. The molecule has 6 nitrogen and oxygen atoms in total. The van der Waals surface area contributed by atoms with Crippen molar-refractivity contribution in [3.05, 3.63) is 6.20 Å². The second kappa shape index (κ2) is 5.47. The van der Waals surface area contributed by atoms with Gasteiger partial charge in [-0.3, -0.25) is 5.10 Å². The van der Waals surface area contributed by atoms with E-state index in [1.807, 2.05) is 6.92 Å². The SMILES string of the molecule is CCCCOc1nc(NCC)nc2[nH]ncc12.